The molecular formula is C14H18N2O2. The highest BCUT2D eigenvalue weighted by Crippen LogP contribution is 2.52. The van der Waals surface area contributed by atoms with Crippen molar-refractivity contribution < 1.29 is 9.90 Å². The fraction of sp³-hybridized carbons (Fsp3) is 0.500. The molecule has 4 nitrogen and oxygen atoms in total. The number of nitrogens with one attached hydrogen (secondary N) is 1. The van der Waals surface area contributed by atoms with Gasteiger partial charge in [0.2, 0.25) is 0 Å². The van der Waals surface area contributed by atoms with Gasteiger partial charge in [-0.2, -0.15) is 0 Å². The molecule has 18 heavy (non-hydrogen) atoms. The lowest BCUT2D eigenvalue weighted by Gasteiger charge is -2.16. The molecule has 3 rings (SSSR count). The Balaban J connectivity index is 1.65. The van der Waals surface area contributed by atoms with E-state index in [1.807, 2.05) is 18.2 Å². The van der Waals surface area contributed by atoms with E-state index in [1.54, 1.807) is 0 Å². The molecule has 1 aliphatic heterocycles. The lowest BCUT2D eigenvalue weighted by atomic mass is 10.0. The quantitative estimate of drug-likeness (QED) is 0.856. The van der Waals surface area contributed by atoms with Crippen molar-refractivity contribution in [3.63, 3.8) is 0 Å². The van der Waals surface area contributed by atoms with Crippen LogP contribution in [-0.2, 0) is 6.54 Å². The van der Waals surface area contributed by atoms with Gasteiger partial charge in [0.1, 0.15) is 0 Å². The van der Waals surface area contributed by atoms with Crippen LogP contribution in [0.1, 0.15) is 18.4 Å². The molecule has 1 aromatic carbocycles. The van der Waals surface area contributed by atoms with E-state index in [4.69, 9.17) is 5.11 Å². The van der Waals surface area contributed by atoms with Crippen LogP contribution >= 0.6 is 0 Å². The molecule has 96 valence electrons. The number of rotatable bonds is 3. The van der Waals surface area contributed by atoms with Gasteiger partial charge in [0.25, 0.3) is 0 Å². The average Bonchev–Trinajstić information content (AvgIpc) is 3.02. The Morgan fingerprint density at radius 2 is 2.11 bits per heavy atom. The number of hydrogen-bond donors (Lipinski definition) is 2. The molecule has 2 aliphatic rings. The summed E-state index contributed by atoms with van der Waals surface area (Å²) in [7, 11) is 0. The van der Waals surface area contributed by atoms with Crippen LogP contribution in [0.2, 0.25) is 0 Å². The highest BCUT2D eigenvalue weighted by Gasteiger charge is 2.55. The van der Waals surface area contributed by atoms with E-state index < -0.39 is 6.09 Å². The smallest absolute Gasteiger partial charge is 0.404 e. The van der Waals surface area contributed by atoms with Gasteiger partial charge >= 0.3 is 6.09 Å². The molecular weight excluding hydrogens is 228 g/mol. The van der Waals surface area contributed by atoms with Gasteiger partial charge < -0.3 is 10.4 Å². The molecule has 0 aromatic heterocycles. The maximum atomic E-state index is 10.8. The molecule has 4 heteroatoms. The van der Waals surface area contributed by atoms with E-state index >= 15 is 0 Å². The predicted octanol–water partition coefficient (Wildman–Crippen LogP) is 1.92. The largest absolute Gasteiger partial charge is 0.465 e. The molecule has 1 aromatic rings. The lowest BCUT2D eigenvalue weighted by Crippen LogP contribution is -2.40. The second kappa shape index (κ2) is 4.28. The summed E-state index contributed by atoms with van der Waals surface area (Å²) in [6.45, 7) is 2.77. The zero-order chi connectivity index (χ0) is 12.6. The first-order chi connectivity index (χ1) is 8.68. The summed E-state index contributed by atoms with van der Waals surface area (Å²) in [5, 5.41) is 11.6. The number of carboxylic acid groups (broad SMARTS) is 1. The van der Waals surface area contributed by atoms with Gasteiger partial charge in [0.05, 0.1) is 6.04 Å². The van der Waals surface area contributed by atoms with Crippen LogP contribution in [0.25, 0.3) is 0 Å². The van der Waals surface area contributed by atoms with Crippen molar-refractivity contribution in [2.45, 2.75) is 25.4 Å². The van der Waals surface area contributed by atoms with Crippen LogP contribution in [-0.4, -0.2) is 35.2 Å². The van der Waals surface area contributed by atoms with Crippen LogP contribution in [0.3, 0.4) is 0 Å². The zero-order valence-corrected chi connectivity index (χ0v) is 10.3. The zero-order valence-electron chi connectivity index (χ0n) is 10.3. The maximum absolute atomic E-state index is 10.8. The van der Waals surface area contributed by atoms with Crippen molar-refractivity contribution in [1.82, 2.24) is 10.2 Å². The first-order valence-electron chi connectivity index (χ1n) is 6.44. The van der Waals surface area contributed by atoms with Crippen LogP contribution in [0.5, 0.6) is 0 Å². The molecule has 1 saturated heterocycles. The standard InChI is InChI=1S/C14H18N2O2/c17-13(18)15-12-9-16(10-14(12)6-7-14)8-11-4-2-1-3-5-11/h1-5,12,15H,6-10H2,(H,17,18). The summed E-state index contributed by atoms with van der Waals surface area (Å²) in [6, 6.07) is 10.5. The molecule has 1 spiro atoms. The lowest BCUT2D eigenvalue weighted by molar-refractivity contribution is 0.186. The van der Waals surface area contributed by atoms with Crippen molar-refractivity contribution in [2.24, 2.45) is 5.41 Å². The third-order valence-electron chi connectivity index (χ3n) is 4.16. The first kappa shape index (κ1) is 11.5. The number of nitrogens with zero attached hydrogens (tertiary/aromatic N) is 1. The topological polar surface area (TPSA) is 52.6 Å². The normalized spacial score (nSPS) is 25.2. The minimum absolute atomic E-state index is 0.110. The van der Waals surface area contributed by atoms with Crippen molar-refractivity contribution in [1.29, 1.82) is 0 Å². The van der Waals surface area contributed by atoms with Gasteiger partial charge in [0, 0.05) is 25.0 Å². The molecule has 1 aliphatic carbocycles. The minimum Gasteiger partial charge on any atom is -0.465 e. The summed E-state index contributed by atoms with van der Waals surface area (Å²) in [4.78, 5) is 13.2. The Hall–Kier alpha value is -1.55. The summed E-state index contributed by atoms with van der Waals surface area (Å²) in [5.41, 5.74) is 1.52. The van der Waals surface area contributed by atoms with Gasteiger partial charge in [-0.15, -0.1) is 0 Å². The molecule has 0 bridgehead atoms. The van der Waals surface area contributed by atoms with Gasteiger partial charge in [-0.05, 0) is 18.4 Å². The SMILES string of the molecule is O=C(O)NC1CN(Cc2ccccc2)CC12CC2. The molecule has 1 unspecified atom stereocenters. The van der Waals surface area contributed by atoms with E-state index in [2.05, 4.69) is 22.3 Å². The Labute approximate surface area is 107 Å². The third kappa shape index (κ3) is 2.20. The molecule has 0 radical (unpaired) electrons. The summed E-state index contributed by atoms with van der Waals surface area (Å²) < 4.78 is 0. The molecule has 1 amide bonds. The van der Waals surface area contributed by atoms with E-state index in [-0.39, 0.29) is 11.5 Å². The Bertz CT molecular complexity index is 442. The fourth-order valence-corrected chi connectivity index (χ4v) is 3.05. The first-order valence-corrected chi connectivity index (χ1v) is 6.44. The van der Waals surface area contributed by atoms with Gasteiger partial charge in [0.15, 0.2) is 0 Å². The summed E-state index contributed by atoms with van der Waals surface area (Å²) in [6.07, 6.45) is 1.42. The predicted molar refractivity (Wildman–Crippen MR) is 68.3 cm³/mol. The highest BCUT2D eigenvalue weighted by molar-refractivity contribution is 5.65. The molecule has 1 heterocycles. The van der Waals surface area contributed by atoms with Crippen molar-refractivity contribution in [3.8, 4) is 0 Å². The second-order valence-electron chi connectivity index (χ2n) is 5.52. The number of amides is 1. The van der Waals surface area contributed by atoms with E-state index in [0.717, 1.165) is 32.5 Å². The summed E-state index contributed by atoms with van der Waals surface area (Å²) in [5.74, 6) is 0. The molecule has 2 fully saturated rings. The summed E-state index contributed by atoms with van der Waals surface area (Å²) >= 11 is 0. The van der Waals surface area contributed by atoms with Crippen LogP contribution in [0, 0.1) is 5.41 Å². The molecule has 1 atom stereocenters. The Kier molecular flexibility index (Phi) is 2.74. The minimum atomic E-state index is -0.896. The van der Waals surface area contributed by atoms with Crippen LogP contribution in [0.15, 0.2) is 30.3 Å². The van der Waals surface area contributed by atoms with E-state index in [0.29, 0.717) is 0 Å². The fourth-order valence-electron chi connectivity index (χ4n) is 3.05. The van der Waals surface area contributed by atoms with Crippen LogP contribution in [0.4, 0.5) is 4.79 Å². The monoisotopic (exact) mass is 246 g/mol. The molecule has 1 saturated carbocycles. The van der Waals surface area contributed by atoms with Crippen molar-refractivity contribution in [2.75, 3.05) is 13.1 Å². The van der Waals surface area contributed by atoms with Crippen molar-refractivity contribution >= 4 is 6.09 Å². The van der Waals surface area contributed by atoms with E-state index in [1.165, 1.54) is 5.56 Å². The highest BCUT2D eigenvalue weighted by atomic mass is 16.4. The average molecular weight is 246 g/mol. The second-order valence-corrected chi connectivity index (χ2v) is 5.52. The molecule has 2 N–H and O–H groups in total. The number of hydrogen-bond acceptors (Lipinski definition) is 2. The van der Waals surface area contributed by atoms with Crippen molar-refractivity contribution in [3.05, 3.63) is 35.9 Å². The van der Waals surface area contributed by atoms with E-state index in [9.17, 15) is 4.79 Å². The maximum Gasteiger partial charge on any atom is 0.404 e. The Morgan fingerprint density at radius 1 is 1.39 bits per heavy atom. The van der Waals surface area contributed by atoms with Gasteiger partial charge in [-0.25, -0.2) is 4.79 Å². The Morgan fingerprint density at radius 3 is 2.72 bits per heavy atom. The van der Waals surface area contributed by atoms with Crippen LogP contribution < -0.4 is 5.32 Å². The third-order valence-corrected chi connectivity index (χ3v) is 4.16. The number of benzene rings is 1. The number of carbonyl (C=O) groups is 1. The number of likely N-dealkylation sites (tertiary alicyclic amines) is 1. The van der Waals surface area contributed by atoms with Gasteiger partial charge in [-0.3, -0.25) is 4.90 Å². The van der Waals surface area contributed by atoms with Gasteiger partial charge in [-0.1, -0.05) is 30.3 Å².